The molecule has 1 atom stereocenters. The first-order valence-electron chi connectivity index (χ1n) is 7.33. The molecule has 0 spiro atoms. The van der Waals surface area contributed by atoms with Gasteiger partial charge in [0.2, 0.25) is 0 Å². The molecule has 1 unspecified atom stereocenters. The van der Waals surface area contributed by atoms with Crippen molar-refractivity contribution in [3.05, 3.63) is 56.1 Å². The van der Waals surface area contributed by atoms with Crippen molar-refractivity contribution < 1.29 is 9.32 Å². The van der Waals surface area contributed by atoms with Crippen LogP contribution < -0.4 is 5.32 Å². The molecular formula is C16H15N3O2S2. The molecule has 0 saturated carbocycles. The fourth-order valence-electron chi connectivity index (χ4n) is 2.90. The SMILES string of the molecule is Cc1cc(NC(=O)N2CCc3sccc3C2c2cccs2)no1. The number of nitrogens with zero attached hydrogens (tertiary/aromatic N) is 2. The van der Waals surface area contributed by atoms with Crippen LogP contribution in [0.2, 0.25) is 0 Å². The standard InChI is InChI=1S/C16H15N3O2S2/c1-10-9-14(18-21-10)17-16(20)19-6-4-12-11(5-8-23-12)15(19)13-3-2-7-22-13/h2-3,5,7-9,15H,4,6H2,1H3,(H,17,18,20). The van der Waals surface area contributed by atoms with Crippen LogP contribution in [0.4, 0.5) is 10.6 Å². The van der Waals surface area contributed by atoms with Crippen molar-refractivity contribution in [1.82, 2.24) is 10.1 Å². The Labute approximate surface area is 141 Å². The third-order valence-corrected chi connectivity index (χ3v) is 5.82. The summed E-state index contributed by atoms with van der Waals surface area (Å²) in [7, 11) is 0. The maximum Gasteiger partial charge on any atom is 0.323 e. The van der Waals surface area contributed by atoms with Gasteiger partial charge in [0, 0.05) is 22.4 Å². The lowest BCUT2D eigenvalue weighted by molar-refractivity contribution is 0.195. The van der Waals surface area contributed by atoms with Crippen LogP contribution in [-0.4, -0.2) is 22.6 Å². The van der Waals surface area contributed by atoms with Gasteiger partial charge < -0.3 is 9.42 Å². The van der Waals surface area contributed by atoms with E-state index in [2.05, 4.69) is 28.0 Å². The second kappa shape index (κ2) is 5.82. The molecule has 4 rings (SSSR count). The first kappa shape index (κ1) is 14.5. The van der Waals surface area contributed by atoms with Crippen LogP contribution in [0.3, 0.4) is 0 Å². The zero-order valence-electron chi connectivity index (χ0n) is 12.5. The lowest BCUT2D eigenvalue weighted by atomic mass is 9.99. The van der Waals surface area contributed by atoms with Crippen molar-refractivity contribution in [3.8, 4) is 0 Å². The van der Waals surface area contributed by atoms with Crippen LogP contribution in [-0.2, 0) is 6.42 Å². The molecule has 7 heteroatoms. The monoisotopic (exact) mass is 345 g/mol. The highest BCUT2D eigenvalue weighted by molar-refractivity contribution is 7.10. The predicted molar refractivity (Wildman–Crippen MR) is 91.1 cm³/mol. The molecule has 4 heterocycles. The molecule has 1 aliphatic rings. The summed E-state index contributed by atoms with van der Waals surface area (Å²) in [6.07, 6.45) is 0.889. The number of anilines is 1. The fraction of sp³-hybridized carbons (Fsp3) is 0.250. The van der Waals surface area contributed by atoms with E-state index in [1.165, 1.54) is 15.3 Å². The largest absolute Gasteiger partial charge is 0.360 e. The minimum absolute atomic E-state index is 0.0296. The zero-order chi connectivity index (χ0) is 15.8. The highest BCUT2D eigenvalue weighted by Crippen LogP contribution is 2.39. The Hall–Kier alpha value is -2.12. The van der Waals surface area contributed by atoms with E-state index < -0.39 is 0 Å². The smallest absolute Gasteiger partial charge is 0.323 e. The molecule has 1 aliphatic heterocycles. The maximum atomic E-state index is 12.8. The Kier molecular flexibility index (Phi) is 3.66. The van der Waals surface area contributed by atoms with Gasteiger partial charge >= 0.3 is 6.03 Å². The molecule has 2 amide bonds. The van der Waals surface area contributed by atoms with Crippen molar-refractivity contribution in [2.24, 2.45) is 0 Å². The van der Waals surface area contributed by atoms with Crippen LogP contribution in [0.15, 0.2) is 39.5 Å². The van der Waals surface area contributed by atoms with Gasteiger partial charge in [-0.05, 0) is 41.8 Å². The molecule has 5 nitrogen and oxygen atoms in total. The van der Waals surface area contributed by atoms with Gasteiger partial charge in [-0.1, -0.05) is 11.2 Å². The Morgan fingerprint density at radius 2 is 2.30 bits per heavy atom. The van der Waals surface area contributed by atoms with E-state index >= 15 is 0 Å². The summed E-state index contributed by atoms with van der Waals surface area (Å²) in [6.45, 7) is 2.49. The van der Waals surface area contributed by atoms with E-state index in [-0.39, 0.29) is 12.1 Å². The van der Waals surface area contributed by atoms with E-state index in [9.17, 15) is 4.79 Å². The minimum atomic E-state index is -0.145. The highest BCUT2D eigenvalue weighted by Gasteiger charge is 2.33. The van der Waals surface area contributed by atoms with Crippen LogP contribution >= 0.6 is 22.7 Å². The molecule has 3 aromatic heterocycles. The van der Waals surface area contributed by atoms with Gasteiger partial charge in [-0.25, -0.2) is 4.79 Å². The third kappa shape index (κ3) is 2.66. The van der Waals surface area contributed by atoms with Crippen molar-refractivity contribution in [1.29, 1.82) is 0 Å². The number of aryl methyl sites for hydroxylation is 1. The predicted octanol–water partition coefficient (Wildman–Crippen LogP) is 4.29. The van der Waals surface area contributed by atoms with Gasteiger partial charge in [-0.15, -0.1) is 22.7 Å². The summed E-state index contributed by atoms with van der Waals surface area (Å²) in [5.74, 6) is 1.13. The van der Waals surface area contributed by atoms with Crippen molar-refractivity contribution >= 4 is 34.5 Å². The third-order valence-electron chi connectivity index (χ3n) is 3.90. The summed E-state index contributed by atoms with van der Waals surface area (Å²) in [6, 6.07) is 7.79. The van der Waals surface area contributed by atoms with E-state index in [1.807, 2.05) is 16.3 Å². The zero-order valence-corrected chi connectivity index (χ0v) is 14.1. The van der Waals surface area contributed by atoms with Gasteiger partial charge in [0.05, 0.1) is 6.04 Å². The lowest BCUT2D eigenvalue weighted by Crippen LogP contribution is -2.42. The topological polar surface area (TPSA) is 58.4 Å². The first-order valence-corrected chi connectivity index (χ1v) is 9.09. The number of thiophene rings is 2. The Morgan fingerprint density at radius 1 is 1.39 bits per heavy atom. The summed E-state index contributed by atoms with van der Waals surface area (Å²) in [4.78, 5) is 17.2. The lowest BCUT2D eigenvalue weighted by Gasteiger charge is -2.35. The maximum absolute atomic E-state index is 12.8. The molecule has 0 fully saturated rings. The van der Waals surface area contributed by atoms with Crippen LogP contribution in [0.25, 0.3) is 0 Å². The van der Waals surface area contributed by atoms with Crippen molar-refractivity contribution in [2.45, 2.75) is 19.4 Å². The van der Waals surface area contributed by atoms with E-state index in [1.54, 1.807) is 35.7 Å². The number of carbonyl (C=O) groups excluding carboxylic acids is 1. The van der Waals surface area contributed by atoms with E-state index in [0.29, 0.717) is 18.1 Å². The number of fused-ring (bicyclic) bond motifs is 1. The molecule has 0 radical (unpaired) electrons. The van der Waals surface area contributed by atoms with Crippen molar-refractivity contribution in [3.63, 3.8) is 0 Å². The summed E-state index contributed by atoms with van der Waals surface area (Å²) >= 11 is 3.44. The second-order valence-electron chi connectivity index (χ2n) is 5.41. The van der Waals surface area contributed by atoms with Gasteiger partial charge in [0.1, 0.15) is 5.76 Å². The minimum Gasteiger partial charge on any atom is -0.360 e. The molecule has 118 valence electrons. The quantitative estimate of drug-likeness (QED) is 0.754. The fourth-order valence-corrected chi connectivity index (χ4v) is 4.65. The van der Waals surface area contributed by atoms with Crippen molar-refractivity contribution in [2.75, 3.05) is 11.9 Å². The molecule has 3 aromatic rings. The number of nitrogens with one attached hydrogen (secondary N) is 1. The second-order valence-corrected chi connectivity index (χ2v) is 7.39. The summed E-state index contributed by atoms with van der Waals surface area (Å²) in [5, 5.41) is 10.8. The van der Waals surface area contributed by atoms with Gasteiger partial charge in [0.25, 0.3) is 0 Å². The van der Waals surface area contributed by atoms with E-state index in [4.69, 9.17) is 4.52 Å². The average Bonchev–Trinajstić information content (AvgIpc) is 3.27. The van der Waals surface area contributed by atoms with Gasteiger partial charge in [-0.2, -0.15) is 0 Å². The number of hydrogen-bond donors (Lipinski definition) is 1. The Balaban J connectivity index is 1.65. The number of amides is 2. The van der Waals surface area contributed by atoms with Crippen LogP contribution in [0.1, 0.15) is 27.1 Å². The molecule has 0 bridgehead atoms. The average molecular weight is 345 g/mol. The van der Waals surface area contributed by atoms with Crippen LogP contribution in [0.5, 0.6) is 0 Å². The number of urea groups is 1. The number of aromatic nitrogens is 1. The van der Waals surface area contributed by atoms with Gasteiger partial charge in [0.15, 0.2) is 5.82 Å². The molecular weight excluding hydrogens is 330 g/mol. The first-order chi connectivity index (χ1) is 11.2. The Bertz CT molecular complexity index is 822. The summed E-state index contributed by atoms with van der Waals surface area (Å²) in [5.41, 5.74) is 1.23. The van der Waals surface area contributed by atoms with E-state index in [0.717, 1.165) is 6.42 Å². The molecule has 0 aliphatic carbocycles. The molecule has 0 aromatic carbocycles. The number of carbonyl (C=O) groups is 1. The summed E-state index contributed by atoms with van der Waals surface area (Å²) < 4.78 is 5.02. The molecule has 0 saturated heterocycles. The highest BCUT2D eigenvalue weighted by atomic mass is 32.1. The Morgan fingerprint density at radius 3 is 3.04 bits per heavy atom. The van der Waals surface area contributed by atoms with Crippen LogP contribution in [0, 0.1) is 6.92 Å². The number of hydrogen-bond acceptors (Lipinski definition) is 5. The number of rotatable bonds is 2. The molecule has 1 N–H and O–H groups in total. The van der Waals surface area contributed by atoms with Gasteiger partial charge in [-0.3, -0.25) is 5.32 Å². The molecule has 23 heavy (non-hydrogen) atoms. The normalized spacial score (nSPS) is 17.1.